The van der Waals surface area contributed by atoms with Crippen LogP contribution in [0.25, 0.3) is 11.3 Å². The summed E-state index contributed by atoms with van der Waals surface area (Å²) in [5, 5.41) is 8.36. The Bertz CT molecular complexity index is 1230. The fourth-order valence-electron chi connectivity index (χ4n) is 3.99. The van der Waals surface area contributed by atoms with Crippen molar-refractivity contribution < 1.29 is 9.53 Å². The zero-order valence-corrected chi connectivity index (χ0v) is 18.1. The maximum Gasteiger partial charge on any atom is 0.258 e. The number of carbonyl (C=O) groups is 1. The summed E-state index contributed by atoms with van der Waals surface area (Å²) >= 11 is 0. The highest BCUT2D eigenvalue weighted by Crippen LogP contribution is 2.24. The summed E-state index contributed by atoms with van der Waals surface area (Å²) in [6.07, 6.45) is 10.3. The standard InChI is InChI=1S/C23H25N7O2/c1-16(2)19-15-28-13-11-24-22(21(28)27-19)32-17-6-5-12-29(14-17)23(31)18-7-3-4-8-20(18)30-25-9-10-26-30/h3-4,7-11,13,15-17H,5-6,12,14H2,1-2H3. The topological polar surface area (TPSA) is 90.4 Å². The number of nitrogens with zero attached hydrogens (tertiary/aromatic N) is 7. The van der Waals surface area contributed by atoms with Gasteiger partial charge in [-0.15, -0.1) is 0 Å². The molecule has 0 saturated carbocycles. The molecule has 1 saturated heterocycles. The number of hydrogen-bond acceptors (Lipinski definition) is 6. The Kier molecular flexibility index (Phi) is 5.30. The quantitative estimate of drug-likeness (QED) is 0.482. The fraction of sp³-hybridized carbons (Fsp3) is 0.348. The van der Waals surface area contributed by atoms with E-state index < -0.39 is 0 Å². The van der Waals surface area contributed by atoms with E-state index in [1.54, 1.807) is 18.6 Å². The van der Waals surface area contributed by atoms with E-state index in [4.69, 9.17) is 9.72 Å². The molecule has 5 rings (SSSR count). The zero-order chi connectivity index (χ0) is 22.1. The minimum absolute atomic E-state index is 0.0553. The lowest BCUT2D eigenvalue weighted by molar-refractivity contribution is 0.0530. The Morgan fingerprint density at radius 3 is 2.78 bits per heavy atom. The SMILES string of the molecule is CC(C)c1cn2ccnc(OC3CCCN(C(=O)c4ccccc4-n4nccn4)C3)c2n1. The molecular weight excluding hydrogens is 406 g/mol. The molecular formula is C23H25N7O2. The molecule has 1 aliphatic rings. The van der Waals surface area contributed by atoms with E-state index in [9.17, 15) is 4.79 Å². The number of ether oxygens (including phenoxy) is 1. The number of hydrogen-bond donors (Lipinski definition) is 0. The fourth-order valence-corrected chi connectivity index (χ4v) is 3.99. The Labute approximate surface area is 185 Å². The lowest BCUT2D eigenvalue weighted by Crippen LogP contribution is -2.44. The number of piperidine rings is 1. The molecule has 0 N–H and O–H groups in total. The van der Waals surface area contributed by atoms with Gasteiger partial charge in [0, 0.05) is 25.1 Å². The summed E-state index contributed by atoms with van der Waals surface area (Å²) in [6.45, 7) is 5.38. The second-order valence-electron chi connectivity index (χ2n) is 8.25. The first-order chi connectivity index (χ1) is 15.6. The van der Waals surface area contributed by atoms with Crippen LogP contribution in [-0.2, 0) is 0 Å². The van der Waals surface area contributed by atoms with E-state index in [-0.39, 0.29) is 12.0 Å². The highest BCUT2D eigenvalue weighted by Gasteiger charge is 2.28. The lowest BCUT2D eigenvalue weighted by Gasteiger charge is -2.33. The molecule has 164 valence electrons. The van der Waals surface area contributed by atoms with Crippen molar-refractivity contribution in [2.24, 2.45) is 0 Å². The van der Waals surface area contributed by atoms with Crippen LogP contribution in [-0.4, -0.2) is 59.4 Å². The largest absolute Gasteiger partial charge is 0.470 e. The summed E-state index contributed by atoms with van der Waals surface area (Å²) in [5.74, 6) is 0.759. The molecule has 1 unspecified atom stereocenters. The molecule has 9 nitrogen and oxygen atoms in total. The monoisotopic (exact) mass is 431 g/mol. The van der Waals surface area contributed by atoms with Crippen molar-refractivity contribution in [3.05, 3.63) is 66.5 Å². The van der Waals surface area contributed by atoms with Crippen LogP contribution in [0, 0.1) is 0 Å². The van der Waals surface area contributed by atoms with Crippen LogP contribution >= 0.6 is 0 Å². The van der Waals surface area contributed by atoms with Crippen molar-refractivity contribution in [1.82, 2.24) is 34.3 Å². The minimum atomic E-state index is -0.152. The molecule has 1 aliphatic heterocycles. The van der Waals surface area contributed by atoms with Gasteiger partial charge in [0.1, 0.15) is 6.10 Å². The van der Waals surface area contributed by atoms with Crippen LogP contribution in [0.5, 0.6) is 5.88 Å². The third kappa shape index (κ3) is 3.81. The van der Waals surface area contributed by atoms with E-state index in [1.807, 2.05) is 46.0 Å². The number of para-hydroxylation sites is 1. The maximum atomic E-state index is 13.4. The number of aromatic nitrogens is 6. The van der Waals surface area contributed by atoms with Gasteiger partial charge in [-0.05, 0) is 30.9 Å². The average molecular weight is 432 g/mol. The van der Waals surface area contributed by atoms with E-state index in [1.165, 1.54) is 4.80 Å². The highest BCUT2D eigenvalue weighted by molar-refractivity contribution is 5.97. The summed E-state index contributed by atoms with van der Waals surface area (Å²) in [5.41, 5.74) is 2.93. The second kappa shape index (κ2) is 8.41. The van der Waals surface area contributed by atoms with Gasteiger partial charge in [-0.3, -0.25) is 4.79 Å². The molecule has 0 spiro atoms. The Morgan fingerprint density at radius 1 is 1.16 bits per heavy atom. The maximum absolute atomic E-state index is 13.4. The Morgan fingerprint density at radius 2 is 1.97 bits per heavy atom. The molecule has 0 aliphatic carbocycles. The van der Waals surface area contributed by atoms with Crippen LogP contribution in [0.15, 0.2) is 55.2 Å². The van der Waals surface area contributed by atoms with Crippen molar-refractivity contribution in [3.63, 3.8) is 0 Å². The second-order valence-corrected chi connectivity index (χ2v) is 8.25. The summed E-state index contributed by atoms with van der Waals surface area (Å²) in [7, 11) is 0. The van der Waals surface area contributed by atoms with Crippen molar-refractivity contribution in [3.8, 4) is 11.6 Å². The third-order valence-electron chi connectivity index (χ3n) is 5.67. The summed E-state index contributed by atoms with van der Waals surface area (Å²) < 4.78 is 8.20. The van der Waals surface area contributed by atoms with Gasteiger partial charge in [0.15, 0.2) is 0 Å². The molecule has 4 aromatic rings. The van der Waals surface area contributed by atoms with Crippen LogP contribution in [0.3, 0.4) is 0 Å². The smallest absolute Gasteiger partial charge is 0.258 e. The summed E-state index contributed by atoms with van der Waals surface area (Å²) in [4.78, 5) is 25.8. The first-order valence-electron chi connectivity index (χ1n) is 10.9. The van der Waals surface area contributed by atoms with Crippen molar-refractivity contribution >= 4 is 11.6 Å². The van der Waals surface area contributed by atoms with E-state index >= 15 is 0 Å². The predicted molar refractivity (Wildman–Crippen MR) is 118 cm³/mol. The number of likely N-dealkylation sites (tertiary alicyclic amines) is 1. The van der Waals surface area contributed by atoms with Gasteiger partial charge in [0.25, 0.3) is 11.8 Å². The van der Waals surface area contributed by atoms with Gasteiger partial charge in [-0.25, -0.2) is 9.97 Å². The van der Waals surface area contributed by atoms with Gasteiger partial charge < -0.3 is 14.0 Å². The number of carbonyl (C=O) groups excluding carboxylic acids is 1. The third-order valence-corrected chi connectivity index (χ3v) is 5.67. The normalized spacial score (nSPS) is 16.6. The van der Waals surface area contributed by atoms with Crippen LogP contribution in [0.2, 0.25) is 0 Å². The molecule has 1 amide bonds. The number of amides is 1. The Hall–Kier alpha value is -3.75. The molecule has 4 heterocycles. The van der Waals surface area contributed by atoms with Gasteiger partial charge in [-0.1, -0.05) is 26.0 Å². The number of imidazole rings is 1. The van der Waals surface area contributed by atoms with Crippen LogP contribution < -0.4 is 4.74 Å². The van der Waals surface area contributed by atoms with Crippen molar-refractivity contribution in [2.45, 2.75) is 38.7 Å². The lowest BCUT2D eigenvalue weighted by atomic mass is 10.1. The zero-order valence-electron chi connectivity index (χ0n) is 18.1. The Balaban J connectivity index is 1.36. The molecule has 1 fully saturated rings. The molecule has 32 heavy (non-hydrogen) atoms. The van der Waals surface area contributed by atoms with E-state index in [0.717, 1.165) is 18.5 Å². The molecule has 3 aromatic heterocycles. The number of benzene rings is 1. The van der Waals surface area contributed by atoms with Gasteiger partial charge in [-0.2, -0.15) is 15.0 Å². The summed E-state index contributed by atoms with van der Waals surface area (Å²) in [6, 6.07) is 7.39. The van der Waals surface area contributed by atoms with Crippen molar-refractivity contribution in [2.75, 3.05) is 13.1 Å². The molecule has 1 aromatic carbocycles. The minimum Gasteiger partial charge on any atom is -0.470 e. The van der Waals surface area contributed by atoms with E-state index in [2.05, 4.69) is 29.0 Å². The van der Waals surface area contributed by atoms with Crippen LogP contribution in [0.1, 0.15) is 48.7 Å². The molecule has 0 bridgehead atoms. The first kappa shape index (κ1) is 20.2. The molecule has 1 atom stereocenters. The number of rotatable bonds is 5. The highest BCUT2D eigenvalue weighted by atomic mass is 16.5. The van der Waals surface area contributed by atoms with Gasteiger partial charge in [0.2, 0.25) is 5.65 Å². The van der Waals surface area contributed by atoms with Crippen molar-refractivity contribution in [1.29, 1.82) is 0 Å². The number of fused-ring (bicyclic) bond motifs is 1. The van der Waals surface area contributed by atoms with Crippen LogP contribution in [0.4, 0.5) is 0 Å². The first-order valence-corrected chi connectivity index (χ1v) is 10.9. The molecule has 9 heteroatoms. The molecule has 0 radical (unpaired) electrons. The van der Waals surface area contributed by atoms with E-state index in [0.29, 0.717) is 41.8 Å². The predicted octanol–water partition coefficient (Wildman–Crippen LogP) is 3.12. The van der Waals surface area contributed by atoms with Gasteiger partial charge >= 0.3 is 0 Å². The van der Waals surface area contributed by atoms with Gasteiger partial charge in [0.05, 0.1) is 35.9 Å². The average Bonchev–Trinajstić information content (AvgIpc) is 3.50.